The molecule has 0 aliphatic heterocycles. The van der Waals surface area contributed by atoms with Gasteiger partial charge in [0.05, 0.1) is 0 Å². The van der Waals surface area contributed by atoms with Crippen molar-refractivity contribution in [3.63, 3.8) is 0 Å². The summed E-state index contributed by atoms with van der Waals surface area (Å²) in [5.41, 5.74) is 0.672. The number of aromatic nitrogens is 4. The van der Waals surface area contributed by atoms with Crippen LogP contribution < -0.4 is 5.32 Å². The number of carbonyl (C=O) groups is 1. The first-order chi connectivity index (χ1) is 11.0. The SMILES string of the molecule is CC(C)n1ccc(C(=O)Nc2nnc(-c3cccc(F)c3)o2)n1. The van der Waals surface area contributed by atoms with Crippen LogP contribution in [0.3, 0.4) is 0 Å². The quantitative estimate of drug-likeness (QED) is 0.800. The lowest BCUT2D eigenvalue weighted by Crippen LogP contribution is -2.14. The number of carbonyl (C=O) groups excluding carboxylic acids is 1. The number of benzene rings is 1. The lowest BCUT2D eigenvalue weighted by molar-refractivity contribution is 0.101. The molecule has 0 aliphatic carbocycles. The minimum Gasteiger partial charge on any atom is -0.403 e. The largest absolute Gasteiger partial charge is 0.403 e. The van der Waals surface area contributed by atoms with E-state index in [9.17, 15) is 9.18 Å². The van der Waals surface area contributed by atoms with E-state index in [2.05, 4.69) is 20.6 Å². The highest BCUT2D eigenvalue weighted by molar-refractivity contribution is 6.01. The van der Waals surface area contributed by atoms with E-state index < -0.39 is 11.7 Å². The molecule has 0 radical (unpaired) electrons. The van der Waals surface area contributed by atoms with Crippen molar-refractivity contribution in [3.8, 4) is 11.5 Å². The fourth-order valence-electron chi connectivity index (χ4n) is 1.92. The molecule has 8 heteroatoms. The van der Waals surface area contributed by atoms with Gasteiger partial charge in [0.25, 0.3) is 5.91 Å². The zero-order valence-corrected chi connectivity index (χ0v) is 12.5. The van der Waals surface area contributed by atoms with Gasteiger partial charge in [-0.2, -0.15) is 5.10 Å². The predicted octanol–water partition coefficient (Wildman–Crippen LogP) is 2.91. The average molecular weight is 315 g/mol. The van der Waals surface area contributed by atoms with Crippen molar-refractivity contribution in [2.45, 2.75) is 19.9 Å². The third kappa shape index (κ3) is 3.25. The van der Waals surface area contributed by atoms with Crippen LogP contribution in [0.5, 0.6) is 0 Å². The van der Waals surface area contributed by atoms with Crippen LogP contribution in [-0.2, 0) is 0 Å². The highest BCUT2D eigenvalue weighted by atomic mass is 19.1. The minimum absolute atomic E-state index is 0.0756. The molecule has 0 atom stereocenters. The van der Waals surface area contributed by atoms with Gasteiger partial charge in [-0.25, -0.2) is 4.39 Å². The highest BCUT2D eigenvalue weighted by Crippen LogP contribution is 2.20. The van der Waals surface area contributed by atoms with Crippen molar-refractivity contribution in [1.29, 1.82) is 0 Å². The molecule has 0 saturated carbocycles. The Hall–Kier alpha value is -3.03. The minimum atomic E-state index is -0.459. The van der Waals surface area contributed by atoms with E-state index in [1.54, 1.807) is 23.0 Å². The standard InChI is InChI=1S/C15H14FN5O2/c1-9(2)21-7-6-12(20-21)13(22)17-15-19-18-14(23-15)10-4-3-5-11(16)8-10/h3-9H,1-2H3,(H,17,19,22). The lowest BCUT2D eigenvalue weighted by Gasteiger charge is -2.03. The Morgan fingerprint density at radius 1 is 1.30 bits per heavy atom. The number of nitrogens with one attached hydrogen (secondary N) is 1. The molecule has 0 aliphatic rings. The smallest absolute Gasteiger partial charge is 0.322 e. The van der Waals surface area contributed by atoms with E-state index in [-0.39, 0.29) is 23.6 Å². The summed E-state index contributed by atoms with van der Waals surface area (Å²) in [5.74, 6) is -0.753. The molecule has 2 aromatic heterocycles. The number of anilines is 1. The molecule has 0 saturated heterocycles. The Balaban J connectivity index is 1.74. The molecule has 0 unspecified atom stereocenters. The molecule has 0 fully saturated rings. The molecule has 23 heavy (non-hydrogen) atoms. The van der Waals surface area contributed by atoms with Crippen LogP contribution in [0, 0.1) is 5.82 Å². The van der Waals surface area contributed by atoms with Crippen LogP contribution in [0.2, 0.25) is 0 Å². The summed E-state index contributed by atoms with van der Waals surface area (Å²) < 4.78 is 20.2. The maximum absolute atomic E-state index is 13.2. The first-order valence-corrected chi connectivity index (χ1v) is 6.99. The highest BCUT2D eigenvalue weighted by Gasteiger charge is 2.15. The summed E-state index contributed by atoms with van der Waals surface area (Å²) >= 11 is 0. The molecule has 3 aromatic rings. The maximum Gasteiger partial charge on any atom is 0.322 e. The van der Waals surface area contributed by atoms with Gasteiger partial charge in [-0.05, 0) is 38.1 Å². The van der Waals surface area contributed by atoms with Gasteiger partial charge in [0.2, 0.25) is 5.89 Å². The molecule has 1 N–H and O–H groups in total. The second-order valence-corrected chi connectivity index (χ2v) is 5.15. The normalized spacial score (nSPS) is 11.0. The molecule has 0 spiro atoms. The monoisotopic (exact) mass is 315 g/mol. The van der Waals surface area contributed by atoms with Gasteiger partial charge in [0.15, 0.2) is 5.69 Å². The van der Waals surface area contributed by atoms with Gasteiger partial charge < -0.3 is 4.42 Å². The molecule has 2 heterocycles. The summed E-state index contributed by atoms with van der Waals surface area (Å²) in [6.07, 6.45) is 1.71. The summed E-state index contributed by atoms with van der Waals surface area (Å²) in [5, 5.41) is 14.1. The van der Waals surface area contributed by atoms with Crippen LogP contribution >= 0.6 is 0 Å². The predicted molar refractivity (Wildman–Crippen MR) is 80.3 cm³/mol. The lowest BCUT2D eigenvalue weighted by atomic mass is 10.2. The van der Waals surface area contributed by atoms with Gasteiger partial charge >= 0.3 is 6.01 Å². The number of hydrogen-bond acceptors (Lipinski definition) is 5. The van der Waals surface area contributed by atoms with Gasteiger partial charge in [-0.3, -0.25) is 14.8 Å². The molecular weight excluding hydrogens is 301 g/mol. The molecule has 1 amide bonds. The second-order valence-electron chi connectivity index (χ2n) is 5.15. The fourth-order valence-corrected chi connectivity index (χ4v) is 1.92. The first-order valence-electron chi connectivity index (χ1n) is 6.99. The Morgan fingerprint density at radius 2 is 2.13 bits per heavy atom. The van der Waals surface area contributed by atoms with Gasteiger partial charge in [-0.1, -0.05) is 11.2 Å². The Labute approximate surface area is 131 Å². The zero-order chi connectivity index (χ0) is 16.4. The third-order valence-electron chi connectivity index (χ3n) is 3.09. The summed E-state index contributed by atoms with van der Waals surface area (Å²) in [4.78, 5) is 12.1. The van der Waals surface area contributed by atoms with Crippen molar-refractivity contribution < 1.29 is 13.6 Å². The number of nitrogens with zero attached hydrogens (tertiary/aromatic N) is 4. The van der Waals surface area contributed by atoms with E-state index in [0.29, 0.717) is 5.56 Å². The molecule has 0 bridgehead atoms. The molecule has 1 aromatic carbocycles. The number of halogens is 1. The van der Waals surface area contributed by atoms with E-state index in [0.717, 1.165) is 0 Å². The van der Waals surface area contributed by atoms with Gasteiger partial charge in [0.1, 0.15) is 5.82 Å². The number of rotatable bonds is 4. The van der Waals surface area contributed by atoms with E-state index in [1.807, 2.05) is 13.8 Å². The first kappa shape index (κ1) is 14.9. The Kier molecular flexibility index (Phi) is 3.88. The van der Waals surface area contributed by atoms with Crippen molar-refractivity contribution >= 4 is 11.9 Å². The summed E-state index contributed by atoms with van der Waals surface area (Å²) in [6, 6.07) is 7.42. The van der Waals surface area contributed by atoms with Crippen LogP contribution in [-0.4, -0.2) is 25.9 Å². The maximum atomic E-state index is 13.2. The zero-order valence-electron chi connectivity index (χ0n) is 12.5. The number of hydrogen-bond donors (Lipinski definition) is 1. The van der Waals surface area contributed by atoms with E-state index in [4.69, 9.17) is 4.42 Å². The topological polar surface area (TPSA) is 85.8 Å². The summed E-state index contributed by atoms with van der Waals surface area (Å²) in [7, 11) is 0. The van der Waals surface area contributed by atoms with E-state index in [1.165, 1.54) is 18.2 Å². The van der Waals surface area contributed by atoms with Crippen molar-refractivity contribution in [3.05, 3.63) is 48.0 Å². The van der Waals surface area contributed by atoms with Crippen molar-refractivity contribution in [1.82, 2.24) is 20.0 Å². The third-order valence-corrected chi connectivity index (χ3v) is 3.09. The van der Waals surface area contributed by atoms with Crippen LogP contribution in [0.4, 0.5) is 10.4 Å². The van der Waals surface area contributed by atoms with Crippen LogP contribution in [0.25, 0.3) is 11.5 Å². The van der Waals surface area contributed by atoms with E-state index >= 15 is 0 Å². The average Bonchev–Trinajstić information content (AvgIpc) is 3.16. The summed E-state index contributed by atoms with van der Waals surface area (Å²) in [6.45, 7) is 3.91. The Morgan fingerprint density at radius 3 is 2.83 bits per heavy atom. The second kappa shape index (κ2) is 5.99. The van der Waals surface area contributed by atoms with Crippen LogP contribution in [0.1, 0.15) is 30.4 Å². The molecule has 118 valence electrons. The van der Waals surface area contributed by atoms with Crippen molar-refractivity contribution in [2.24, 2.45) is 0 Å². The van der Waals surface area contributed by atoms with Crippen LogP contribution in [0.15, 0.2) is 40.9 Å². The Bertz CT molecular complexity index is 840. The molecule has 7 nitrogen and oxygen atoms in total. The molecular formula is C15H14FN5O2. The van der Waals surface area contributed by atoms with Gasteiger partial charge in [0, 0.05) is 17.8 Å². The fraction of sp³-hybridized carbons (Fsp3) is 0.200. The number of amides is 1. The molecule has 3 rings (SSSR count). The van der Waals surface area contributed by atoms with Crippen molar-refractivity contribution in [2.75, 3.05) is 5.32 Å². The van der Waals surface area contributed by atoms with Gasteiger partial charge in [-0.15, -0.1) is 5.10 Å².